The zero-order chi connectivity index (χ0) is 16.8. The standard InChI is InChI=1S/C15H16N4O4/c1-18(15-13(19(21)22)4-3-9-16-15)10-14(20)17-11-5-7-12(23-2)8-6-11/h3-9H,10H2,1-2H3,(H,17,20)/p+1. The van der Waals surface area contributed by atoms with Gasteiger partial charge in [-0.25, -0.2) is 9.88 Å². The van der Waals surface area contributed by atoms with E-state index in [1.165, 1.54) is 17.0 Å². The van der Waals surface area contributed by atoms with Crippen molar-refractivity contribution in [3.8, 4) is 5.75 Å². The Hall–Kier alpha value is -3.16. The number of benzene rings is 1. The van der Waals surface area contributed by atoms with E-state index in [0.717, 1.165) is 0 Å². The van der Waals surface area contributed by atoms with Gasteiger partial charge in [-0.15, -0.1) is 0 Å². The van der Waals surface area contributed by atoms with Crippen molar-refractivity contribution in [2.45, 2.75) is 0 Å². The molecule has 2 aromatic rings. The molecule has 2 rings (SSSR count). The fourth-order valence-corrected chi connectivity index (χ4v) is 2.04. The maximum absolute atomic E-state index is 12.1. The van der Waals surface area contributed by atoms with Gasteiger partial charge in [0.1, 0.15) is 5.75 Å². The molecule has 23 heavy (non-hydrogen) atoms. The molecule has 0 aliphatic heterocycles. The number of ether oxygens (including phenoxy) is 1. The van der Waals surface area contributed by atoms with Crippen LogP contribution in [0.3, 0.4) is 0 Å². The summed E-state index contributed by atoms with van der Waals surface area (Å²) in [5.74, 6) is 0.668. The van der Waals surface area contributed by atoms with Crippen molar-refractivity contribution >= 4 is 23.1 Å². The van der Waals surface area contributed by atoms with Crippen molar-refractivity contribution in [1.29, 1.82) is 0 Å². The lowest BCUT2D eigenvalue weighted by molar-refractivity contribution is -0.411. The molecule has 0 saturated carbocycles. The van der Waals surface area contributed by atoms with Gasteiger partial charge in [0.15, 0.2) is 6.54 Å². The molecule has 1 aromatic heterocycles. The van der Waals surface area contributed by atoms with E-state index in [-0.39, 0.29) is 24.0 Å². The van der Waals surface area contributed by atoms with Crippen LogP contribution >= 0.6 is 0 Å². The quantitative estimate of drug-likeness (QED) is 0.643. The molecule has 1 aromatic carbocycles. The lowest BCUT2D eigenvalue weighted by Crippen LogP contribution is -2.34. The maximum Gasteiger partial charge on any atom is 0.357 e. The molecule has 0 unspecified atom stereocenters. The lowest BCUT2D eigenvalue weighted by Gasteiger charge is -2.11. The highest BCUT2D eigenvalue weighted by molar-refractivity contribution is 5.94. The van der Waals surface area contributed by atoms with Crippen LogP contribution < -0.4 is 19.9 Å². The summed E-state index contributed by atoms with van der Waals surface area (Å²) in [4.78, 5) is 26.9. The van der Waals surface area contributed by atoms with Gasteiger partial charge >= 0.3 is 11.5 Å². The Kier molecular flexibility index (Phi) is 5.08. The van der Waals surface area contributed by atoms with Gasteiger partial charge in [-0.3, -0.25) is 14.9 Å². The molecule has 0 fully saturated rings. The van der Waals surface area contributed by atoms with Gasteiger partial charge in [-0.2, -0.15) is 0 Å². The number of carbonyl (C=O) groups is 1. The second-order valence-electron chi connectivity index (χ2n) is 4.79. The summed E-state index contributed by atoms with van der Waals surface area (Å²) in [6.45, 7) is -0.0343. The van der Waals surface area contributed by atoms with Gasteiger partial charge in [0.2, 0.25) is 0 Å². The van der Waals surface area contributed by atoms with Crippen molar-refractivity contribution in [1.82, 2.24) is 0 Å². The number of rotatable bonds is 6. The minimum atomic E-state index is -0.496. The molecule has 120 valence electrons. The summed E-state index contributed by atoms with van der Waals surface area (Å²) < 4.78 is 5.04. The zero-order valence-corrected chi connectivity index (χ0v) is 12.8. The number of aromatic amines is 1. The molecular weight excluding hydrogens is 300 g/mol. The second-order valence-corrected chi connectivity index (χ2v) is 4.79. The average molecular weight is 317 g/mol. The topological polar surface area (TPSA) is 98.8 Å². The number of amides is 1. The SMILES string of the molecule is COc1ccc(NC(=O)CN(C)c2[nH+]cccc2[N+](=O)[O-])cc1. The maximum atomic E-state index is 12.1. The number of nitrogens with one attached hydrogen (secondary N) is 2. The third-order valence-corrected chi connectivity index (χ3v) is 3.15. The number of nitro groups is 1. The van der Waals surface area contributed by atoms with Crippen LogP contribution in [0.2, 0.25) is 0 Å². The van der Waals surface area contributed by atoms with E-state index in [9.17, 15) is 14.9 Å². The Labute approximate surface area is 132 Å². The molecule has 0 saturated heterocycles. The number of hydrogen-bond donors (Lipinski definition) is 1. The van der Waals surface area contributed by atoms with Gasteiger partial charge in [-0.05, 0) is 30.3 Å². The van der Waals surface area contributed by atoms with E-state index in [1.807, 2.05) is 0 Å². The Morgan fingerprint density at radius 2 is 2.04 bits per heavy atom. The number of likely N-dealkylation sites (N-methyl/N-ethyl adjacent to an activating group) is 1. The normalized spacial score (nSPS) is 10.0. The molecule has 8 heteroatoms. The van der Waals surface area contributed by atoms with Crippen LogP contribution in [0.5, 0.6) is 5.75 Å². The smallest absolute Gasteiger partial charge is 0.357 e. The minimum absolute atomic E-state index is 0.0343. The summed E-state index contributed by atoms with van der Waals surface area (Å²) in [6, 6.07) is 9.81. The second kappa shape index (κ2) is 7.21. The minimum Gasteiger partial charge on any atom is -0.497 e. The summed E-state index contributed by atoms with van der Waals surface area (Å²) in [5, 5.41) is 13.7. The van der Waals surface area contributed by atoms with Gasteiger partial charge in [0, 0.05) is 11.8 Å². The first-order valence-electron chi connectivity index (χ1n) is 6.81. The number of carbonyl (C=O) groups excluding carboxylic acids is 1. The largest absolute Gasteiger partial charge is 0.497 e. The first-order valence-corrected chi connectivity index (χ1v) is 6.81. The number of methoxy groups -OCH3 is 1. The van der Waals surface area contributed by atoms with Gasteiger partial charge in [-0.1, -0.05) is 0 Å². The summed E-state index contributed by atoms with van der Waals surface area (Å²) in [5.41, 5.74) is 0.531. The molecule has 0 aliphatic carbocycles. The predicted octanol–water partition coefficient (Wildman–Crippen LogP) is 1.49. The molecule has 0 radical (unpaired) electrons. The first-order chi connectivity index (χ1) is 11.0. The highest BCUT2D eigenvalue weighted by atomic mass is 16.6. The number of H-pyrrole nitrogens is 1. The molecule has 0 atom stereocenters. The molecule has 1 amide bonds. The summed E-state index contributed by atoms with van der Waals surface area (Å²) >= 11 is 0. The van der Waals surface area contributed by atoms with Crippen LogP contribution in [0, 0.1) is 10.1 Å². The van der Waals surface area contributed by atoms with Crippen LogP contribution in [0.15, 0.2) is 42.6 Å². The number of anilines is 2. The van der Waals surface area contributed by atoms with Crippen LogP contribution in [-0.2, 0) is 4.79 Å². The first kappa shape index (κ1) is 16.2. The summed E-state index contributed by atoms with van der Waals surface area (Å²) in [6.07, 6.45) is 1.57. The highest BCUT2D eigenvalue weighted by Crippen LogP contribution is 2.21. The molecule has 2 N–H and O–H groups in total. The molecule has 0 spiro atoms. The number of hydrogen-bond acceptors (Lipinski definition) is 5. The molecule has 0 bridgehead atoms. The van der Waals surface area contributed by atoms with E-state index in [0.29, 0.717) is 11.4 Å². The number of pyridine rings is 1. The predicted molar refractivity (Wildman–Crippen MR) is 84.5 cm³/mol. The number of nitrogens with zero attached hydrogens (tertiary/aromatic N) is 2. The molecule has 8 nitrogen and oxygen atoms in total. The van der Waals surface area contributed by atoms with Crippen molar-refractivity contribution < 1.29 is 19.4 Å². The van der Waals surface area contributed by atoms with E-state index in [2.05, 4.69) is 10.3 Å². The Balaban J connectivity index is 2.03. The van der Waals surface area contributed by atoms with Crippen molar-refractivity contribution in [2.75, 3.05) is 30.9 Å². The molecule has 0 aliphatic rings. The molecular formula is C15H17N4O4+. The fraction of sp³-hybridized carbons (Fsp3) is 0.200. The van der Waals surface area contributed by atoms with Crippen molar-refractivity contribution in [2.24, 2.45) is 0 Å². The zero-order valence-electron chi connectivity index (χ0n) is 12.8. The van der Waals surface area contributed by atoms with E-state index < -0.39 is 4.92 Å². The van der Waals surface area contributed by atoms with Crippen LogP contribution in [0.25, 0.3) is 0 Å². The highest BCUT2D eigenvalue weighted by Gasteiger charge is 2.26. The lowest BCUT2D eigenvalue weighted by atomic mass is 10.3. The summed E-state index contributed by atoms with van der Waals surface area (Å²) in [7, 11) is 3.16. The Bertz CT molecular complexity index is 703. The van der Waals surface area contributed by atoms with Crippen LogP contribution in [-0.4, -0.2) is 31.5 Å². The van der Waals surface area contributed by atoms with E-state index in [4.69, 9.17) is 4.74 Å². The van der Waals surface area contributed by atoms with Gasteiger partial charge in [0.25, 0.3) is 5.91 Å². The van der Waals surface area contributed by atoms with Gasteiger partial charge < -0.3 is 10.1 Å². The number of aromatic nitrogens is 1. The van der Waals surface area contributed by atoms with Gasteiger partial charge in [0.05, 0.1) is 25.3 Å². The van der Waals surface area contributed by atoms with Crippen molar-refractivity contribution in [3.05, 3.63) is 52.7 Å². The third kappa shape index (κ3) is 4.16. The molecule has 1 heterocycles. The fourth-order valence-electron chi connectivity index (χ4n) is 2.04. The third-order valence-electron chi connectivity index (χ3n) is 3.15. The monoisotopic (exact) mass is 317 g/mol. The average Bonchev–Trinajstić information content (AvgIpc) is 2.55. The Morgan fingerprint density at radius 1 is 1.35 bits per heavy atom. The van der Waals surface area contributed by atoms with E-state index >= 15 is 0 Å². The van der Waals surface area contributed by atoms with Crippen LogP contribution in [0.1, 0.15) is 0 Å². The Morgan fingerprint density at radius 3 is 2.65 bits per heavy atom. The van der Waals surface area contributed by atoms with E-state index in [1.54, 1.807) is 44.6 Å². The van der Waals surface area contributed by atoms with Crippen molar-refractivity contribution in [3.63, 3.8) is 0 Å². The van der Waals surface area contributed by atoms with Crippen LogP contribution in [0.4, 0.5) is 17.2 Å².